The molecule has 1 saturated heterocycles. The Balaban J connectivity index is 1.79. The van der Waals surface area contributed by atoms with Crippen molar-refractivity contribution in [2.24, 2.45) is 0 Å². The second-order valence-electron chi connectivity index (χ2n) is 8.76. The van der Waals surface area contributed by atoms with Crippen LogP contribution in [0.4, 0.5) is 10.3 Å². The fraction of sp³-hybridized carbons (Fsp3) is 0.522. The number of rotatable bonds is 5. The van der Waals surface area contributed by atoms with E-state index in [9.17, 15) is 9.18 Å². The van der Waals surface area contributed by atoms with Crippen molar-refractivity contribution in [2.45, 2.75) is 45.2 Å². The number of aromatic nitrogens is 2. The lowest BCUT2D eigenvalue weighted by molar-refractivity contribution is -0.0327. The maximum absolute atomic E-state index is 13.9. The number of anilines is 1. The molecule has 2 aliphatic rings. The minimum atomic E-state index is -0.330. The highest BCUT2D eigenvalue weighted by Gasteiger charge is 2.42. The quantitative estimate of drug-likeness (QED) is 0.669. The van der Waals surface area contributed by atoms with Crippen LogP contribution >= 0.6 is 15.9 Å². The number of halogens is 2. The molecule has 0 aliphatic carbocycles. The first-order valence-electron chi connectivity index (χ1n) is 10.9. The van der Waals surface area contributed by atoms with Crippen LogP contribution in [0, 0.1) is 12.7 Å². The molecule has 1 aromatic carbocycles. The third-order valence-corrected chi connectivity index (χ3v) is 7.48. The Bertz CT molecular complexity index is 1030. The van der Waals surface area contributed by atoms with E-state index in [2.05, 4.69) is 44.6 Å². The molecule has 7 nitrogen and oxygen atoms in total. The Kier molecular flexibility index (Phi) is 6.51. The fourth-order valence-electron chi connectivity index (χ4n) is 4.80. The molecule has 2 N–H and O–H groups in total. The lowest BCUT2D eigenvalue weighted by atomic mass is 9.88. The first-order valence-corrected chi connectivity index (χ1v) is 11.7. The maximum atomic E-state index is 13.9. The van der Waals surface area contributed by atoms with Crippen molar-refractivity contribution >= 4 is 27.8 Å². The maximum Gasteiger partial charge on any atom is 0.258 e. The number of morpholine rings is 1. The van der Waals surface area contributed by atoms with E-state index in [0.29, 0.717) is 47.6 Å². The van der Waals surface area contributed by atoms with Crippen LogP contribution in [0.25, 0.3) is 0 Å². The molecule has 0 spiro atoms. The molecule has 0 saturated carbocycles. The second-order valence-corrected chi connectivity index (χ2v) is 9.61. The molecule has 172 valence electrons. The van der Waals surface area contributed by atoms with Crippen molar-refractivity contribution < 1.29 is 13.9 Å². The second kappa shape index (κ2) is 9.03. The van der Waals surface area contributed by atoms with E-state index >= 15 is 0 Å². The molecule has 2 unspecified atom stereocenters. The van der Waals surface area contributed by atoms with Gasteiger partial charge in [-0.05, 0) is 38.0 Å². The summed E-state index contributed by atoms with van der Waals surface area (Å²) in [5.41, 5.74) is 8.26. The van der Waals surface area contributed by atoms with Gasteiger partial charge >= 0.3 is 0 Å². The normalized spacial score (nSPS) is 21.3. The molecular weight excluding hydrogens is 477 g/mol. The molecule has 0 radical (unpaired) electrons. The summed E-state index contributed by atoms with van der Waals surface area (Å²) >= 11 is 3.51. The van der Waals surface area contributed by atoms with Crippen molar-refractivity contribution in [3.05, 3.63) is 51.0 Å². The molecule has 1 aromatic heterocycles. The largest absolute Gasteiger partial charge is 0.379 e. The highest BCUT2D eigenvalue weighted by molar-refractivity contribution is 9.10. The Morgan fingerprint density at radius 1 is 1.31 bits per heavy atom. The number of nitrogens with zero attached hydrogens (tertiary/aromatic N) is 4. The monoisotopic (exact) mass is 505 g/mol. The number of hydrogen-bond acceptors (Lipinski definition) is 6. The van der Waals surface area contributed by atoms with Gasteiger partial charge < -0.3 is 15.4 Å². The van der Waals surface area contributed by atoms with Crippen LogP contribution in [0.2, 0.25) is 0 Å². The molecular formula is C23H29BrFN5O2. The van der Waals surface area contributed by atoms with Crippen molar-refractivity contribution in [3.8, 4) is 0 Å². The van der Waals surface area contributed by atoms with E-state index < -0.39 is 0 Å². The van der Waals surface area contributed by atoms with E-state index in [-0.39, 0.29) is 29.3 Å². The first-order chi connectivity index (χ1) is 15.2. The smallest absolute Gasteiger partial charge is 0.258 e. The summed E-state index contributed by atoms with van der Waals surface area (Å²) < 4.78 is 20.0. The van der Waals surface area contributed by atoms with Crippen LogP contribution < -0.4 is 5.73 Å². The van der Waals surface area contributed by atoms with Gasteiger partial charge in [0.1, 0.15) is 5.82 Å². The molecule has 0 bridgehead atoms. The van der Waals surface area contributed by atoms with Gasteiger partial charge in [-0.1, -0.05) is 28.9 Å². The molecule has 3 heterocycles. The zero-order chi connectivity index (χ0) is 23.0. The number of benzene rings is 1. The molecule has 2 aromatic rings. The minimum absolute atomic E-state index is 0.113. The predicted octanol–water partition coefficient (Wildman–Crippen LogP) is 3.51. The van der Waals surface area contributed by atoms with Crippen LogP contribution in [0.5, 0.6) is 0 Å². The van der Waals surface area contributed by atoms with Crippen molar-refractivity contribution in [2.75, 3.05) is 38.6 Å². The van der Waals surface area contributed by atoms with Crippen molar-refractivity contribution in [3.63, 3.8) is 0 Å². The summed E-state index contributed by atoms with van der Waals surface area (Å²) in [6, 6.07) is 4.31. The zero-order valence-electron chi connectivity index (χ0n) is 18.7. The topological polar surface area (TPSA) is 84.6 Å². The van der Waals surface area contributed by atoms with Crippen molar-refractivity contribution in [1.29, 1.82) is 0 Å². The lowest BCUT2D eigenvalue weighted by Crippen LogP contribution is -2.59. The molecule has 2 aliphatic heterocycles. The summed E-state index contributed by atoms with van der Waals surface area (Å²) in [7, 11) is 0. The van der Waals surface area contributed by atoms with Gasteiger partial charge in [0.25, 0.3) is 5.91 Å². The summed E-state index contributed by atoms with van der Waals surface area (Å²) in [6.45, 7) is 9.69. The van der Waals surface area contributed by atoms with Crippen LogP contribution in [-0.2, 0) is 11.2 Å². The van der Waals surface area contributed by atoms with Gasteiger partial charge in [-0.2, -0.15) is 0 Å². The molecule has 2 atom stereocenters. The minimum Gasteiger partial charge on any atom is -0.379 e. The van der Waals surface area contributed by atoms with Crippen LogP contribution in [0.15, 0.2) is 22.7 Å². The molecule has 9 heteroatoms. The molecule has 32 heavy (non-hydrogen) atoms. The molecule has 1 amide bonds. The number of ether oxygens (including phenoxy) is 1. The SMILES string of the molecule is CCC(C)(CN1C(=O)c2c(C)nc(N)nc2CC1c1ccc(F)cc1Br)N1CCOCC1. The van der Waals surface area contributed by atoms with E-state index in [1.807, 2.05) is 4.90 Å². The van der Waals surface area contributed by atoms with Crippen molar-refractivity contribution in [1.82, 2.24) is 19.8 Å². The van der Waals surface area contributed by atoms with Gasteiger partial charge in [0, 0.05) is 36.1 Å². The van der Waals surface area contributed by atoms with Gasteiger partial charge in [-0.15, -0.1) is 0 Å². The van der Waals surface area contributed by atoms with E-state index in [1.165, 1.54) is 12.1 Å². The van der Waals surface area contributed by atoms with Gasteiger partial charge in [-0.3, -0.25) is 9.69 Å². The zero-order valence-corrected chi connectivity index (χ0v) is 20.3. The Morgan fingerprint density at radius 3 is 2.69 bits per heavy atom. The third-order valence-electron chi connectivity index (χ3n) is 6.79. The van der Waals surface area contributed by atoms with Gasteiger partial charge in [0.05, 0.1) is 36.2 Å². The average molecular weight is 506 g/mol. The average Bonchev–Trinajstić information content (AvgIpc) is 2.75. The number of carbonyl (C=O) groups is 1. The van der Waals surface area contributed by atoms with Crippen LogP contribution in [-0.4, -0.2) is 64.1 Å². The fourth-order valence-corrected chi connectivity index (χ4v) is 5.41. The number of fused-ring (bicyclic) bond motifs is 1. The highest BCUT2D eigenvalue weighted by atomic mass is 79.9. The Hall–Kier alpha value is -2.10. The predicted molar refractivity (Wildman–Crippen MR) is 124 cm³/mol. The number of nitrogens with two attached hydrogens (primary N) is 1. The third kappa shape index (κ3) is 4.25. The van der Waals surface area contributed by atoms with Gasteiger partial charge in [0.2, 0.25) is 5.95 Å². The number of carbonyl (C=O) groups excluding carboxylic acids is 1. The molecule has 1 fully saturated rings. The molecule has 4 rings (SSSR count). The summed E-state index contributed by atoms with van der Waals surface area (Å²) in [6.07, 6.45) is 1.36. The van der Waals surface area contributed by atoms with E-state index in [1.54, 1.807) is 13.0 Å². The van der Waals surface area contributed by atoms with Crippen LogP contribution in [0.3, 0.4) is 0 Å². The standard InChI is InChI=1S/C23H29BrFN5O2/c1-4-23(3,29-7-9-32-10-8-29)13-30-19(16-6-5-15(25)11-17(16)24)12-18-20(21(30)31)14(2)27-22(26)28-18/h5-6,11,19H,4,7-10,12-13H2,1-3H3,(H2,26,27,28). The number of hydrogen-bond donors (Lipinski definition) is 1. The van der Waals surface area contributed by atoms with Gasteiger partial charge in [-0.25, -0.2) is 14.4 Å². The number of nitrogen functional groups attached to an aromatic ring is 1. The Morgan fingerprint density at radius 2 is 2.03 bits per heavy atom. The summed E-state index contributed by atoms with van der Waals surface area (Å²) in [5.74, 6) is -0.284. The Labute approximate surface area is 196 Å². The highest BCUT2D eigenvalue weighted by Crippen LogP contribution is 2.39. The summed E-state index contributed by atoms with van der Waals surface area (Å²) in [4.78, 5) is 26.8. The van der Waals surface area contributed by atoms with Gasteiger partial charge in [0.15, 0.2) is 0 Å². The number of amides is 1. The number of aryl methyl sites for hydroxylation is 1. The van der Waals surface area contributed by atoms with E-state index in [0.717, 1.165) is 25.1 Å². The lowest BCUT2D eigenvalue weighted by Gasteiger charge is -2.48. The van der Waals surface area contributed by atoms with Crippen LogP contribution in [0.1, 0.15) is 53.6 Å². The first kappa shape index (κ1) is 23.1. The summed E-state index contributed by atoms with van der Waals surface area (Å²) in [5, 5.41) is 0. The van der Waals surface area contributed by atoms with E-state index in [4.69, 9.17) is 10.5 Å².